The molecule has 92 valence electrons. The summed E-state index contributed by atoms with van der Waals surface area (Å²) in [6.45, 7) is 0. The quantitative estimate of drug-likeness (QED) is 0.658. The van der Waals surface area contributed by atoms with Gasteiger partial charge in [0.25, 0.3) is 0 Å². The normalized spacial score (nSPS) is 9.59. The van der Waals surface area contributed by atoms with Crippen LogP contribution in [0, 0.1) is 0 Å². The van der Waals surface area contributed by atoms with Crippen molar-refractivity contribution in [3.8, 4) is 5.75 Å². The van der Waals surface area contributed by atoms with E-state index in [4.69, 9.17) is 16.3 Å². The second kappa shape index (κ2) is 6.10. The summed E-state index contributed by atoms with van der Waals surface area (Å²) in [5.41, 5.74) is 0.550. The van der Waals surface area contributed by atoms with E-state index in [1.807, 2.05) is 0 Å². The number of amides is 1. The van der Waals surface area contributed by atoms with Crippen molar-refractivity contribution >= 4 is 29.2 Å². The van der Waals surface area contributed by atoms with Crippen molar-refractivity contribution in [2.24, 2.45) is 0 Å². The number of hydrogen-bond acceptors (Lipinski definition) is 4. The number of ether oxygens (including phenoxy) is 2. The predicted octanol–water partition coefficient (Wildman–Crippen LogP) is 1.66. The van der Waals surface area contributed by atoms with Gasteiger partial charge in [-0.1, -0.05) is 0 Å². The van der Waals surface area contributed by atoms with Crippen LogP contribution in [0.2, 0.25) is 0 Å². The molecule has 0 aromatic heterocycles. The van der Waals surface area contributed by atoms with Crippen LogP contribution < -0.4 is 10.1 Å². The van der Waals surface area contributed by atoms with Gasteiger partial charge in [0.2, 0.25) is 5.91 Å². The molecule has 0 bridgehead atoms. The molecule has 5 nitrogen and oxygen atoms in total. The highest BCUT2D eigenvalue weighted by molar-refractivity contribution is 6.29. The number of anilines is 1. The topological polar surface area (TPSA) is 64.6 Å². The third kappa shape index (κ3) is 3.35. The van der Waals surface area contributed by atoms with Crippen LogP contribution in [0.1, 0.15) is 10.4 Å². The van der Waals surface area contributed by atoms with Crippen LogP contribution in [-0.2, 0) is 9.53 Å². The summed E-state index contributed by atoms with van der Waals surface area (Å²) in [6, 6.07) is 4.65. The van der Waals surface area contributed by atoms with Gasteiger partial charge in [0.1, 0.15) is 11.6 Å². The lowest BCUT2D eigenvalue weighted by molar-refractivity contribution is -0.113. The van der Waals surface area contributed by atoms with E-state index in [9.17, 15) is 9.59 Å². The number of esters is 1. The van der Waals surface area contributed by atoms with E-state index in [1.54, 1.807) is 12.1 Å². The first-order valence-corrected chi connectivity index (χ1v) is 5.28. The zero-order valence-corrected chi connectivity index (χ0v) is 10.2. The maximum Gasteiger partial charge on any atom is 0.340 e. The average Bonchev–Trinajstić information content (AvgIpc) is 2.38. The van der Waals surface area contributed by atoms with Crippen molar-refractivity contribution in [1.82, 2.24) is 0 Å². The van der Waals surface area contributed by atoms with Gasteiger partial charge in [0.05, 0.1) is 25.5 Å². The number of carbonyl (C=O) groups excluding carboxylic acids is 2. The van der Waals surface area contributed by atoms with Gasteiger partial charge >= 0.3 is 5.97 Å². The standard InChI is InChI=1S/C11H12ClNO4/c1-16-7-3-4-9(13-10(14)6-12)8(5-7)11(15)17-2/h3-5H,6H2,1-2H3,(H,13,14). The number of alkyl halides is 1. The molecular weight excluding hydrogens is 246 g/mol. The molecule has 1 aromatic rings. The lowest BCUT2D eigenvalue weighted by Crippen LogP contribution is -2.16. The number of rotatable bonds is 4. The minimum Gasteiger partial charge on any atom is -0.497 e. The Morgan fingerprint density at radius 3 is 2.59 bits per heavy atom. The summed E-state index contributed by atoms with van der Waals surface area (Å²) in [7, 11) is 2.74. The van der Waals surface area contributed by atoms with Crippen molar-refractivity contribution in [2.75, 3.05) is 25.4 Å². The third-order valence-corrected chi connectivity index (χ3v) is 2.27. The fourth-order valence-corrected chi connectivity index (χ4v) is 1.29. The number of nitrogens with one attached hydrogen (secondary N) is 1. The van der Waals surface area contributed by atoms with E-state index < -0.39 is 11.9 Å². The van der Waals surface area contributed by atoms with E-state index in [0.29, 0.717) is 11.4 Å². The van der Waals surface area contributed by atoms with E-state index in [1.165, 1.54) is 20.3 Å². The summed E-state index contributed by atoms with van der Waals surface area (Å²) in [5.74, 6) is -0.655. The highest BCUT2D eigenvalue weighted by Crippen LogP contribution is 2.22. The van der Waals surface area contributed by atoms with Crippen LogP contribution in [-0.4, -0.2) is 32.0 Å². The Morgan fingerprint density at radius 1 is 1.35 bits per heavy atom. The Hall–Kier alpha value is -1.75. The fraction of sp³-hybridized carbons (Fsp3) is 0.273. The molecule has 1 amide bonds. The van der Waals surface area contributed by atoms with Gasteiger partial charge in [-0.05, 0) is 18.2 Å². The van der Waals surface area contributed by atoms with E-state index in [-0.39, 0.29) is 11.4 Å². The Kier molecular flexibility index (Phi) is 4.78. The van der Waals surface area contributed by atoms with E-state index in [2.05, 4.69) is 10.1 Å². The monoisotopic (exact) mass is 257 g/mol. The smallest absolute Gasteiger partial charge is 0.340 e. The minimum absolute atomic E-state index is 0.188. The van der Waals surface area contributed by atoms with Gasteiger partial charge in [-0.25, -0.2) is 4.79 Å². The molecular formula is C11H12ClNO4. The second-order valence-electron chi connectivity index (χ2n) is 3.08. The van der Waals surface area contributed by atoms with Gasteiger partial charge in [-0.3, -0.25) is 4.79 Å². The minimum atomic E-state index is -0.561. The first kappa shape index (κ1) is 13.3. The molecule has 0 fully saturated rings. The first-order valence-electron chi connectivity index (χ1n) is 4.74. The summed E-state index contributed by atoms with van der Waals surface area (Å²) in [5, 5.41) is 2.50. The molecule has 6 heteroatoms. The van der Waals surface area contributed by atoms with Crippen LogP contribution in [0.3, 0.4) is 0 Å². The Balaban J connectivity index is 3.10. The van der Waals surface area contributed by atoms with Crippen LogP contribution in [0.25, 0.3) is 0 Å². The van der Waals surface area contributed by atoms with Gasteiger partial charge in [-0.2, -0.15) is 0 Å². The fourth-order valence-electron chi connectivity index (χ4n) is 1.22. The van der Waals surface area contributed by atoms with Crippen molar-refractivity contribution in [2.45, 2.75) is 0 Å². The van der Waals surface area contributed by atoms with Crippen LogP contribution in [0.5, 0.6) is 5.75 Å². The molecule has 0 unspecified atom stereocenters. The Labute approximate surface area is 104 Å². The zero-order chi connectivity index (χ0) is 12.8. The molecule has 0 radical (unpaired) electrons. The molecule has 1 N–H and O–H groups in total. The molecule has 0 aliphatic heterocycles. The summed E-state index contributed by atoms with van der Waals surface area (Å²) < 4.78 is 9.60. The molecule has 0 spiro atoms. The van der Waals surface area contributed by atoms with E-state index >= 15 is 0 Å². The molecule has 0 aliphatic rings. The highest BCUT2D eigenvalue weighted by atomic mass is 35.5. The van der Waals surface area contributed by atoms with Gasteiger partial charge in [0, 0.05) is 0 Å². The summed E-state index contributed by atoms with van der Waals surface area (Å²) >= 11 is 5.37. The number of carbonyl (C=O) groups is 2. The van der Waals surface area contributed by atoms with Gasteiger partial charge in [-0.15, -0.1) is 11.6 Å². The van der Waals surface area contributed by atoms with Crippen molar-refractivity contribution in [1.29, 1.82) is 0 Å². The van der Waals surface area contributed by atoms with Crippen LogP contribution >= 0.6 is 11.6 Å². The average molecular weight is 258 g/mol. The van der Waals surface area contributed by atoms with Crippen molar-refractivity contribution in [3.63, 3.8) is 0 Å². The van der Waals surface area contributed by atoms with Crippen molar-refractivity contribution < 1.29 is 19.1 Å². The third-order valence-electron chi connectivity index (χ3n) is 2.03. The largest absolute Gasteiger partial charge is 0.497 e. The molecule has 0 atom stereocenters. The van der Waals surface area contributed by atoms with Gasteiger partial charge < -0.3 is 14.8 Å². The molecule has 17 heavy (non-hydrogen) atoms. The molecule has 1 aromatic carbocycles. The number of methoxy groups -OCH3 is 2. The van der Waals surface area contributed by atoms with Crippen LogP contribution in [0.15, 0.2) is 18.2 Å². The first-order chi connectivity index (χ1) is 8.12. The Morgan fingerprint density at radius 2 is 2.06 bits per heavy atom. The summed E-state index contributed by atoms with van der Waals surface area (Å²) in [4.78, 5) is 22.7. The molecule has 0 saturated heterocycles. The van der Waals surface area contributed by atoms with Gasteiger partial charge in [0.15, 0.2) is 0 Å². The number of halogens is 1. The zero-order valence-electron chi connectivity index (χ0n) is 9.45. The predicted molar refractivity (Wildman–Crippen MR) is 63.7 cm³/mol. The maximum absolute atomic E-state index is 11.5. The second-order valence-corrected chi connectivity index (χ2v) is 3.35. The van der Waals surface area contributed by atoms with Crippen LogP contribution in [0.4, 0.5) is 5.69 Å². The number of benzene rings is 1. The maximum atomic E-state index is 11.5. The lowest BCUT2D eigenvalue weighted by atomic mass is 10.1. The molecule has 0 heterocycles. The Bertz CT molecular complexity index is 433. The molecule has 1 rings (SSSR count). The van der Waals surface area contributed by atoms with Crippen molar-refractivity contribution in [3.05, 3.63) is 23.8 Å². The van der Waals surface area contributed by atoms with E-state index in [0.717, 1.165) is 0 Å². The molecule has 0 saturated carbocycles. The number of hydrogen-bond donors (Lipinski definition) is 1. The molecule has 0 aliphatic carbocycles. The SMILES string of the molecule is COC(=O)c1cc(OC)ccc1NC(=O)CCl. The highest BCUT2D eigenvalue weighted by Gasteiger charge is 2.14. The summed E-state index contributed by atoms with van der Waals surface area (Å²) in [6.07, 6.45) is 0. The lowest BCUT2D eigenvalue weighted by Gasteiger charge is -2.10.